The average molecular weight is 377 g/mol. The highest BCUT2D eigenvalue weighted by Gasteiger charge is 2.33. The third-order valence-electron chi connectivity index (χ3n) is 3.55. The zero-order valence-corrected chi connectivity index (χ0v) is 14.3. The Bertz CT molecular complexity index is 894. The minimum Gasteiger partial charge on any atom is -0.325 e. The Balaban J connectivity index is 1.61. The lowest BCUT2D eigenvalue weighted by molar-refractivity contribution is -0.137. The number of amides is 1. The van der Waals surface area contributed by atoms with Gasteiger partial charge in [-0.25, -0.2) is 4.98 Å². The van der Waals surface area contributed by atoms with Gasteiger partial charge in [-0.15, -0.1) is 11.3 Å². The third kappa shape index (κ3) is 4.45. The number of nitrogens with one attached hydrogen (secondary N) is 1. The van der Waals surface area contributed by atoms with E-state index >= 15 is 0 Å². The number of aryl methyl sites for hydroxylation is 1. The molecular formula is C18H14F3N3OS. The highest BCUT2D eigenvalue weighted by atomic mass is 32.1. The molecule has 0 saturated carbocycles. The number of nitrogens with zero attached hydrogens (tertiary/aromatic N) is 2. The van der Waals surface area contributed by atoms with E-state index in [1.54, 1.807) is 12.3 Å². The van der Waals surface area contributed by atoms with Crippen molar-refractivity contribution in [3.63, 3.8) is 0 Å². The summed E-state index contributed by atoms with van der Waals surface area (Å²) in [6.07, 6.45) is -2.46. The van der Waals surface area contributed by atoms with Crippen LogP contribution in [-0.4, -0.2) is 15.9 Å². The lowest BCUT2D eigenvalue weighted by Crippen LogP contribution is -2.16. The molecule has 1 aromatic carbocycles. The standard InChI is InChI=1S/C18H14F3N3OS/c19-18(20,21)12-5-1-2-6-13(12)23-16(25)8-9-17-24-15(11-26-17)14-7-3-4-10-22-14/h1-7,10-11H,8-9H2,(H,23,25). The van der Waals surface area contributed by atoms with Crippen LogP contribution in [0, 0.1) is 0 Å². The average Bonchev–Trinajstić information content (AvgIpc) is 3.09. The van der Waals surface area contributed by atoms with Gasteiger partial charge in [0.05, 0.1) is 27.6 Å². The maximum absolute atomic E-state index is 12.9. The summed E-state index contributed by atoms with van der Waals surface area (Å²) in [5.41, 5.74) is 0.352. The van der Waals surface area contributed by atoms with Crippen molar-refractivity contribution in [1.82, 2.24) is 9.97 Å². The first-order chi connectivity index (χ1) is 12.4. The van der Waals surface area contributed by atoms with Crippen LogP contribution in [0.3, 0.4) is 0 Å². The van der Waals surface area contributed by atoms with Crippen LogP contribution in [-0.2, 0) is 17.4 Å². The van der Waals surface area contributed by atoms with Crippen LogP contribution >= 0.6 is 11.3 Å². The first-order valence-electron chi connectivity index (χ1n) is 7.75. The summed E-state index contributed by atoms with van der Waals surface area (Å²) in [6, 6.07) is 10.4. The Kier molecular flexibility index (Phi) is 5.32. The van der Waals surface area contributed by atoms with Crippen molar-refractivity contribution in [2.45, 2.75) is 19.0 Å². The Morgan fingerprint density at radius 1 is 1.08 bits per heavy atom. The van der Waals surface area contributed by atoms with E-state index in [2.05, 4.69) is 15.3 Å². The van der Waals surface area contributed by atoms with E-state index in [4.69, 9.17) is 0 Å². The van der Waals surface area contributed by atoms with Gasteiger partial charge in [-0.1, -0.05) is 18.2 Å². The number of carbonyl (C=O) groups excluding carboxylic acids is 1. The Morgan fingerprint density at radius 2 is 1.85 bits per heavy atom. The highest BCUT2D eigenvalue weighted by molar-refractivity contribution is 7.09. The van der Waals surface area contributed by atoms with Gasteiger partial charge < -0.3 is 5.32 Å². The zero-order valence-electron chi connectivity index (χ0n) is 13.5. The largest absolute Gasteiger partial charge is 0.418 e. The van der Waals surface area contributed by atoms with Gasteiger partial charge >= 0.3 is 6.18 Å². The minimum atomic E-state index is -4.52. The smallest absolute Gasteiger partial charge is 0.325 e. The minimum absolute atomic E-state index is 0.0430. The quantitative estimate of drug-likeness (QED) is 0.695. The van der Waals surface area contributed by atoms with Crippen molar-refractivity contribution in [2.24, 2.45) is 0 Å². The first-order valence-corrected chi connectivity index (χ1v) is 8.63. The van der Waals surface area contributed by atoms with E-state index in [9.17, 15) is 18.0 Å². The van der Waals surface area contributed by atoms with Gasteiger partial charge in [-0.2, -0.15) is 13.2 Å². The summed E-state index contributed by atoms with van der Waals surface area (Å²) in [6.45, 7) is 0. The molecule has 0 aliphatic heterocycles. The van der Waals surface area contributed by atoms with Crippen molar-refractivity contribution in [3.05, 3.63) is 64.6 Å². The van der Waals surface area contributed by atoms with Gasteiger partial charge in [0.1, 0.15) is 0 Å². The molecule has 3 aromatic rings. The SMILES string of the molecule is O=C(CCc1nc(-c2ccccn2)cs1)Nc1ccccc1C(F)(F)F. The fourth-order valence-electron chi connectivity index (χ4n) is 2.33. The first kappa shape index (κ1) is 18.1. The molecule has 0 radical (unpaired) electrons. The molecule has 1 amide bonds. The highest BCUT2D eigenvalue weighted by Crippen LogP contribution is 2.34. The fraction of sp³-hybridized carbons (Fsp3) is 0.167. The Morgan fingerprint density at radius 3 is 2.58 bits per heavy atom. The molecule has 0 aliphatic carbocycles. The molecule has 0 saturated heterocycles. The number of benzene rings is 1. The molecule has 26 heavy (non-hydrogen) atoms. The van der Waals surface area contributed by atoms with Crippen molar-refractivity contribution >= 4 is 22.9 Å². The van der Waals surface area contributed by atoms with Crippen molar-refractivity contribution in [2.75, 3.05) is 5.32 Å². The predicted octanol–water partition coefficient (Wildman–Crippen LogP) is 4.80. The fourth-order valence-corrected chi connectivity index (χ4v) is 3.12. The Labute approximate surface area is 151 Å². The van der Waals surface area contributed by atoms with Crippen molar-refractivity contribution < 1.29 is 18.0 Å². The molecular weight excluding hydrogens is 363 g/mol. The van der Waals surface area contributed by atoms with Crippen LogP contribution < -0.4 is 5.32 Å². The van der Waals surface area contributed by atoms with Gasteiger partial charge in [0, 0.05) is 24.4 Å². The molecule has 0 atom stereocenters. The molecule has 0 fully saturated rings. The summed E-state index contributed by atoms with van der Waals surface area (Å²) in [5.74, 6) is -0.490. The Hall–Kier alpha value is -2.74. The van der Waals surface area contributed by atoms with E-state index in [-0.39, 0.29) is 12.1 Å². The van der Waals surface area contributed by atoms with Crippen LogP contribution in [0.2, 0.25) is 0 Å². The molecule has 2 heterocycles. The van der Waals surface area contributed by atoms with Crippen LogP contribution in [0.1, 0.15) is 17.0 Å². The molecule has 1 N–H and O–H groups in total. The summed E-state index contributed by atoms with van der Waals surface area (Å²) < 4.78 is 38.8. The molecule has 0 unspecified atom stereocenters. The van der Waals surface area contributed by atoms with E-state index in [1.807, 2.05) is 17.5 Å². The number of aromatic nitrogens is 2. The lowest BCUT2D eigenvalue weighted by atomic mass is 10.1. The van der Waals surface area contributed by atoms with E-state index in [0.29, 0.717) is 12.1 Å². The van der Waals surface area contributed by atoms with Crippen LogP contribution in [0.15, 0.2) is 54.0 Å². The topological polar surface area (TPSA) is 54.9 Å². The normalized spacial score (nSPS) is 11.3. The van der Waals surface area contributed by atoms with Crippen LogP contribution in [0.4, 0.5) is 18.9 Å². The van der Waals surface area contributed by atoms with Gasteiger partial charge in [-0.05, 0) is 24.3 Å². The second-order valence-corrected chi connectivity index (χ2v) is 6.38. The molecule has 0 bridgehead atoms. The van der Waals surface area contributed by atoms with Crippen LogP contribution in [0.25, 0.3) is 11.4 Å². The number of carbonyl (C=O) groups is 1. The number of halogens is 3. The third-order valence-corrected chi connectivity index (χ3v) is 4.46. The summed E-state index contributed by atoms with van der Waals surface area (Å²) in [5, 5.41) is 4.90. The molecule has 8 heteroatoms. The number of para-hydroxylation sites is 1. The van der Waals surface area contributed by atoms with E-state index in [1.165, 1.54) is 29.5 Å². The number of pyridine rings is 1. The number of thiazole rings is 1. The van der Waals surface area contributed by atoms with E-state index < -0.39 is 17.6 Å². The number of hydrogen-bond acceptors (Lipinski definition) is 4. The van der Waals surface area contributed by atoms with Crippen molar-refractivity contribution in [3.8, 4) is 11.4 Å². The monoisotopic (exact) mass is 377 g/mol. The maximum Gasteiger partial charge on any atom is 0.418 e. The second kappa shape index (κ2) is 7.65. The summed E-state index contributed by atoms with van der Waals surface area (Å²) >= 11 is 1.39. The van der Waals surface area contributed by atoms with Gasteiger partial charge in [0.15, 0.2) is 0 Å². The predicted molar refractivity (Wildman–Crippen MR) is 93.7 cm³/mol. The molecule has 134 valence electrons. The summed E-state index contributed by atoms with van der Waals surface area (Å²) in [4.78, 5) is 20.6. The van der Waals surface area contributed by atoms with Gasteiger partial charge in [0.25, 0.3) is 0 Å². The number of hydrogen-bond donors (Lipinski definition) is 1. The molecule has 0 spiro atoms. The zero-order chi connectivity index (χ0) is 18.6. The number of rotatable bonds is 5. The molecule has 3 rings (SSSR count). The number of alkyl halides is 3. The number of anilines is 1. The second-order valence-electron chi connectivity index (χ2n) is 5.43. The summed E-state index contributed by atoms with van der Waals surface area (Å²) in [7, 11) is 0. The maximum atomic E-state index is 12.9. The van der Waals surface area contributed by atoms with Gasteiger partial charge in [0.2, 0.25) is 5.91 Å². The van der Waals surface area contributed by atoms with Gasteiger partial charge in [-0.3, -0.25) is 9.78 Å². The molecule has 0 aliphatic rings. The molecule has 4 nitrogen and oxygen atoms in total. The van der Waals surface area contributed by atoms with Crippen LogP contribution in [0.5, 0.6) is 0 Å². The lowest BCUT2D eigenvalue weighted by Gasteiger charge is -2.13. The van der Waals surface area contributed by atoms with Crippen molar-refractivity contribution in [1.29, 1.82) is 0 Å². The molecule has 2 aromatic heterocycles. The van der Waals surface area contributed by atoms with E-state index in [0.717, 1.165) is 16.8 Å².